The highest BCUT2D eigenvalue weighted by Gasteiger charge is 2.42. The number of hydrogen-bond acceptors (Lipinski definition) is 3. The standard InChI is InChI=1S/C13H24F2N2O2/c1-12(2,3)19-11(18)17-7-5-6-10(8-17)13(14,15)9-16-4/h10,16H,5-9H2,1-4H3. The summed E-state index contributed by atoms with van der Waals surface area (Å²) in [6.45, 7) is 5.48. The van der Waals surface area contributed by atoms with Crippen molar-refractivity contribution >= 4 is 6.09 Å². The minimum Gasteiger partial charge on any atom is -0.444 e. The van der Waals surface area contributed by atoms with E-state index in [-0.39, 0.29) is 13.1 Å². The quantitative estimate of drug-likeness (QED) is 0.862. The van der Waals surface area contributed by atoms with Crippen LogP contribution in [0.3, 0.4) is 0 Å². The Bertz CT molecular complexity index is 316. The maximum Gasteiger partial charge on any atom is 0.410 e. The van der Waals surface area contributed by atoms with Crippen LogP contribution in [0.25, 0.3) is 0 Å². The second kappa shape index (κ2) is 6.03. The van der Waals surface area contributed by atoms with Gasteiger partial charge in [-0.05, 0) is 40.7 Å². The van der Waals surface area contributed by atoms with Gasteiger partial charge in [0.15, 0.2) is 0 Å². The Morgan fingerprint density at radius 3 is 2.58 bits per heavy atom. The van der Waals surface area contributed by atoms with Crippen molar-refractivity contribution in [2.24, 2.45) is 5.92 Å². The van der Waals surface area contributed by atoms with Crippen LogP contribution >= 0.6 is 0 Å². The van der Waals surface area contributed by atoms with Gasteiger partial charge in [-0.3, -0.25) is 0 Å². The molecule has 4 nitrogen and oxygen atoms in total. The van der Waals surface area contributed by atoms with E-state index in [4.69, 9.17) is 4.74 Å². The van der Waals surface area contributed by atoms with E-state index >= 15 is 0 Å². The van der Waals surface area contributed by atoms with Crippen LogP contribution < -0.4 is 5.32 Å². The lowest BCUT2D eigenvalue weighted by Crippen LogP contribution is -2.50. The topological polar surface area (TPSA) is 41.6 Å². The van der Waals surface area contributed by atoms with Crippen molar-refractivity contribution in [3.05, 3.63) is 0 Å². The van der Waals surface area contributed by atoms with Gasteiger partial charge in [-0.2, -0.15) is 0 Å². The van der Waals surface area contributed by atoms with Crippen molar-refractivity contribution in [3.63, 3.8) is 0 Å². The second-order valence-electron chi connectivity index (χ2n) is 6.06. The van der Waals surface area contributed by atoms with Gasteiger partial charge in [0.1, 0.15) is 5.60 Å². The van der Waals surface area contributed by atoms with Crippen molar-refractivity contribution in [2.75, 3.05) is 26.7 Å². The van der Waals surface area contributed by atoms with Crippen molar-refractivity contribution in [1.82, 2.24) is 10.2 Å². The lowest BCUT2D eigenvalue weighted by atomic mass is 9.92. The minimum absolute atomic E-state index is 0.0591. The number of piperidine rings is 1. The highest BCUT2D eigenvalue weighted by Crippen LogP contribution is 2.32. The van der Waals surface area contributed by atoms with E-state index in [0.717, 1.165) is 0 Å². The third kappa shape index (κ3) is 4.93. The molecule has 0 radical (unpaired) electrons. The van der Waals surface area contributed by atoms with Crippen molar-refractivity contribution in [2.45, 2.75) is 45.1 Å². The Morgan fingerprint density at radius 2 is 2.05 bits per heavy atom. The van der Waals surface area contributed by atoms with E-state index in [1.165, 1.54) is 11.9 Å². The molecule has 1 aliphatic rings. The number of ether oxygens (including phenoxy) is 1. The van der Waals surface area contributed by atoms with Gasteiger partial charge in [0.05, 0.1) is 6.54 Å². The van der Waals surface area contributed by atoms with Gasteiger partial charge in [-0.15, -0.1) is 0 Å². The van der Waals surface area contributed by atoms with Gasteiger partial charge in [-0.1, -0.05) is 0 Å². The molecule has 1 atom stereocenters. The average Bonchev–Trinajstić information content (AvgIpc) is 2.27. The number of amides is 1. The number of carbonyl (C=O) groups excluding carboxylic acids is 1. The molecule has 0 spiro atoms. The maximum atomic E-state index is 13.8. The van der Waals surface area contributed by atoms with Crippen LogP contribution in [0.4, 0.5) is 13.6 Å². The zero-order valence-corrected chi connectivity index (χ0v) is 12.1. The molecule has 1 heterocycles. The monoisotopic (exact) mass is 278 g/mol. The molecular formula is C13H24F2N2O2. The second-order valence-corrected chi connectivity index (χ2v) is 6.06. The summed E-state index contributed by atoms with van der Waals surface area (Å²) < 4.78 is 32.9. The number of nitrogens with one attached hydrogen (secondary N) is 1. The Hall–Kier alpha value is -0.910. The summed E-state index contributed by atoms with van der Waals surface area (Å²) in [6.07, 6.45) is 0.523. The zero-order chi connectivity index (χ0) is 14.7. The predicted molar refractivity (Wildman–Crippen MR) is 69.4 cm³/mol. The first kappa shape index (κ1) is 16.1. The summed E-state index contributed by atoms with van der Waals surface area (Å²) in [5.41, 5.74) is -0.600. The summed E-state index contributed by atoms with van der Waals surface area (Å²) in [5.74, 6) is -3.60. The van der Waals surface area contributed by atoms with E-state index in [9.17, 15) is 13.6 Å². The summed E-state index contributed by atoms with van der Waals surface area (Å²) in [5, 5.41) is 2.50. The summed E-state index contributed by atoms with van der Waals surface area (Å²) in [4.78, 5) is 13.3. The molecule has 1 N–H and O–H groups in total. The van der Waals surface area contributed by atoms with E-state index in [1.54, 1.807) is 20.8 Å². The Kier molecular flexibility index (Phi) is 5.12. The fourth-order valence-electron chi connectivity index (χ4n) is 2.19. The number of rotatable bonds is 3. The first-order valence-corrected chi connectivity index (χ1v) is 6.66. The molecule has 1 fully saturated rings. The van der Waals surface area contributed by atoms with Crippen LogP contribution in [-0.2, 0) is 4.74 Å². The van der Waals surface area contributed by atoms with E-state index < -0.39 is 23.5 Å². The van der Waals surface area contributed by atoms with E-state index in [1.807, 2.05) is 0 Å². The highest BCUT2D eigenvalue weighted by molar-refractivity contribution is 5.68. The van der Waals surface area contributed by atoms with Gasteiger partial charge in [0, 0.05) is 19.0 Å². The molecular weight excluding hydrogens is 254 g/mol. The summed E-state index contributed by atoms with van der Waals surface area (Å²) in [7, 11) is 1.50. The Morgan fingerprint density at radius 1 is 1.42 bits per heavy atom. The number of nitrogens with zero attached hydrogens (tertiary/aromatic N) is 1. The predicted octanol–water partition coefficient (Wildman–Crippen LogP) is 2.49. The van der Waals surface area contributed by atoms with Crippen molar-refractivity contribution in [3.8, 4) is 0 Å². The van der Waals surface area contributed by atoms with Crippen LogP contribution in [0.1, 0.15) is 33.6 Å². The maximum absolute atomic E-state index is 13.8. The van der Waals surface area contributed by atoms with Crippen LogP contribution in [0.2, 0.25) is 0 Å². The summed E-state index contributed by atoms with van der Waals surface area (Å²) in [6, 6.07) is 0. The molecule has 112 valence electrons. The van der Waals surface area contributed by atoms with E-state index in [2.05, 4.69) is 5.32 Å². The van der Waals surface area contributed by atoms with E-state index in [0.29, 0.717) is 19.4 Å². The van der Waals surface area contributed by atoms with Gasteiger partial charge in [0.25, 0.3) is 5.92 Å². The SMILES string of the molecule is CNCC(F)(F)C1CCCN(C(=O)OC(C)(C)C)C1. The number of hydrogen-bond donors (Lipinski definition) is 1. The number of alkyl halides is 2. The molecule has 0 aromatic rings. The molecule has 1 aliphatic heterocycles. The molecule has 0 aromatic carbocycles. The largest absolute Gasteiger partial charge is 0.444 e. The molecule has 1 amide bonds. The Balaban J connectivity index is 2.62. The molecule has 1 saturated heterocycles. The van der Waals surface area contributed by atoms with Crippen LogP contribution in [0, 0.1) is 5.92 Å². The Labute approximate surface area is 113 Å². The molecule has 0 aliphatic carbocycles. The lowest BCUT2D eigenvalue weighted by molar-refractivity contribution is -0.0795. The third-order valence-corrected chi connectivity index (χ3v) is 3.08. The fourth-order valence-corrected chi connectivity index (χ4v) is 2.19. The molecule has 1 unspecified atom stereocenters. The lowest BCUT2D eigenvalue weighted by Gasteiger charge is -2.37. The molecule has 19 heavy (non-hydrogen) atoms. The van der Waals surface area contributed by atoms with Crippen LogP contribution in [0.5, 0.6) is 0 Å². The molecule has 0 aromatic heterocycles. The molecule has 6 heteroatoms. The number of carbonyl (C=O) groups is 1. The first-order valence-electron chi connectivity index (χ1n) is 6.66. The third-order valence-electron chi connectivity index (χ3n) is 3.08. The van der Waals surface area contributed by atoms with Crippen molar-refractivity contribution in [1.29, 1.82) is 0 Å². The van der Waals surface area contributed by atoms with Crippen LogP contribution in [-0.4, -0.2) is 49.2 Å². The van der Waals surface area contributed by atoms with Gasteiger partial charge in [-0.25, -0.2) is 13.6 Å². The smallest absolute Gasteiger partial charge is 0.410 e. The first-order chi connectivity index (χ1) is 8.65. The summed E-state index contributed by atoms with van der Waals surface area (Å²) >= 11 is 0. The van der Waals surface area contributed by atoms with Crippen LogP contribution in [0.15, 0.2) is 0 Å². The highest BCUT2D eigenvalue weighted by atomic mass is 19.3. The number of likely N-dealkylation sites (tertiary alicyclic amines) is 1. The number of halogens is 2. The van der Waals surface area contributed by atoms with Crippen molar-refractivity contribution < 1.29 is 18.3 Å². The fraction of sp³-hybridized carbons (Fsp3) is 0.923. The van der Waals surface area contributed by atoms with Gasteiger partial charge < -0.3 is 15.0 Å². The average molecular weight is 278 g/mol. The van der Waals surface area contributed by atoms with Gasteiger partial charge >= 0.3 is 6.09 Å². The van der Waals surface area contributed by atoms with Gasteiger partial charge in [0.2, 0.25) is 0 Å². The molecule has 0 saturated carbocycles. The molecule has 0 bridgehead atoms. The minimum atomic E-state index is -2.80. The normalized spacial score (nSPS) is 21.4. The molecule has 1 rings (SSSR count). The zero-order valence-electron chi connectivity index (χ0n) is 12.1.